The number of nitrogens with two attached hydrogens (primary N) is 1. The number of hydrogen-bond acceptors (Lipinski definition) is 6. The van der Waals surface area contributed by atoms with Crippen LogP contribution in [0.15, 0.2) is 47.1 Å². The molecule has 1 aromatic rings. The molecule has 0 spiro atoms. The SMILES string of the molecule is COC(=O)c1ccc(C2C(C#N)=C(N)OC(C)=C2C(C)=O)cc1. The van der Waals surface area contributed by atoms with Crippen LogP contribution in [-0.2, 0) is 14.3 Å². The molecule has 1 aliphatic rings. The van der Waals surface area contributed by atoms with Gasteiger partial charge in [0.25, 0.3) is 0 Å². The zero-order chi connectivity index (χ0) is 17.1. The van der Waals surface area contributed by atoms with Crippen molar-refractivity contribution in [1.82, 2.24) is 0 Å². The lowest BCUT2D eigenvalue weighted by Gasteiger charge is -2.26. The Hall–Kier alpha value is -3.07. The van der Waals surface area contributed by atoms with Crippen LogP contribution < -0.4 is 5.73 Å². The summed E-state index contributed by atoms with van der Waals surface area (Å²) in [5, 5.41) is 9.38. The molecule has 6 heteroatoms. The van der Waals surface area contributed by atoms with Crippen molar-refractivity contribution < 1.29 is 19.1 Å². The average Bonchev–Trinajstić information content (AvgIpc) is 2.53. The summed E-state index contributed by atoms with van der Waals surface area (Å²) in [7, 11) is 1.30. The van der Waals surface area contributed by atoms with Crippen LogP contribution in [0.25, 0.3) is 0 Å². The van der Waals surface area contributed by atoms with Gasteiger partial charge in [0.05, 0.1) is 18.6 Å². The number of methoxy groups -OCH3 is 1. The maximum Gasteiger partial charge on any atom is 0.337 e. The molecule has 2 N–H and O–H groups in total. The number of ether oxygens (including phenoxy) is 2. The third-order valence-corrected chi connectivity index (χ3v) is 3.65. The van der Waals surface area contributed by atoms with Crippen LogP contribution in [0.4, 0.5) is 0 Å². The molecule has 1 heterocycles. The maximum absolute atomic E-state index is 12.0. The first-order valence-corrected chi connectivity index (χ1v) is 6.88. The molecular formula is C17H16N2O4. The third-order valence-electron chi connectivity index (χ3n) is 3.65. The first-order valence-electron chi connectivity index (χ1n) is 6.88. The van der Waals surface area contributed by atoms with Gasteiger partial charge in [-0.05, 0) is 31.5 Å². The molecule has 0 saturated carbocycles. The van der Waals surface area contributed by atoms with Gasteiger partial charge in [-0.15, -0.1) is 0 Å². The van der Waals surface area contributed by atoms with Crippen molar-refractivity contribution >= 4 is 11.8 Å². The Kier molecular flexibility index (Phi) is 4.51. The highest BCUT2D eigenvalue weighted by molar-refractivity contribution is 5.97. The number of nitrogens with zero attached hydrogens (tertiary/aromatic N) is 1. The van der Waals surface area contributed by atoms with E-state index >= 15 is 0 Å². The Morgan fingerprint density at radius 1 is 1.30 bits per heavy atom. The lowest BCUT2D eigenvalue weighted by molar-refractivity contribution is -0.114. The Labute approximate surface area is 133 Å². The van der Waals surface area contributed by atoms with Crippen LogP contribution in [0.1, 0.15) is 35.7 Å². The minimum absolute atomic E-state index is 0.0166. The van der Waals surface area contributed by atoms with Crippen molar-refractivity contribution in [1.29, 1.82) is 5.26 Å². The van der Waals surface area contributed by atoms with E-state index in [1.165, 1.54) is 14.0 Å². The summed E-state index contributed by atoms with van der Waals surface area (Å²) in [5.41, 5.74) is 7.38. The van der Waals surface area contributed by atoms with Crippen molar-refractivity contribution in [2.45, 2.75) is 19.8 Å². The number of carbonyl (C=O) groups is 2. The summed E-state index contributed by atoms with van der Waals surface area (Å²) in [4.78, 5) is 23.5. The molecule has 1 unspecified atom stereocenters. The molecular weight excluding hydrogens is 296 g/mol. The molecule has 6 nitrogen and oxygen atoms in total. The number of hydrogen-bond donors (Lipinski definition) is 1. The molecule has 2 rings (SSSR count). The zero-order valence-electron chi connectivity index (χ0n) is 13.0. The van der Waals surface area contributed by atoms with Crippen molar-refractivity contribution in [3.05, 3.63) is 58.2 Å². The van der Waals surface area contributed by atoms with E-state index in [0.29, 0.717) is 22.5 Å². The van der Waals surface area contributed by atoms with E-state index in [9.17, 15) is 14.9 Å². The predicted molar refractivity (Wildman–Crippen MR) is 81.8 cm³/mol. The fourth-order valence-corrected chi connectivity index (χ4v) is 2.60. The number of nitriles is 1. The summed E-state index contributed by atoms with van der Waals surface area (Å²) in [6.07, 6.45) is 0. The van der Waals surface area contributed by atoms with Crippen LogP contribution in [0.5, 0.6) is 0 Å². The molecule has 0 aliphatic carbocycles. The number of ketones is 1. The van der Waals surface area contributed by atoms with Gasteiger partial charge in [-0.3, -0.25) is 4.79 Å². The van der Waals surface area contributed by atoms with E-state index in [0.717, 1.165) is 0 Å². The second kappa shape index (κ2) is 6.36. The molecule has 0 amide bonds. The minimum atomic E-state index is -0.613. The van der Waals surface area contributed by atoms with Gasteiger partial charge >= 0.3 is 5.97 Å². The lowest BCUT2D eigenvalue weighted by Crippen LogP contribution is -2.23. The molecule has 0 bridgehead atoms. The molecule has 1 aliphatic heterocycles. The van der Waals surface area contributed by atoms with Gasteiger partial charge in [-0.25, -0.2) is 4.79 Å². The van der Waals surface area contributed by atoms with Crippen molar-refractivity contribution in [2.75, 3.05) is 7.11 Å². The number of allylic oxidation sites excluding steroid dienone is 3. The smallest absolute Gasteiger partial charge is 0.337 e. The summed E-state index contributed by atoms with van der Waals surface area (Å²) in [5.74, 6) is -0.923. The second-order valence-electron chi connectivity index (χ2n) is 5.06. The molecule has 1 aromatic carbocycles. The monoisotopic (exact) mass is 312 g/mol. The van der Waals surface area contributed by atoms with Crippen LogP contribution in [0, 0.1) is 11.3 Å². The number of rotatable bonds is 3. The van der Waals surface area contributed by atoms with E-state index in [1.54, 1.807) is 31.2 Å². The highest BCUT2D eigenvalue weighted by atomic mass is 16.5. The van der Waals surface area contributed by atoms with Gasteiger partial charge < -0.3 is 15.2 Å². The summed E-state index contributed by atoms with van der Waals surface area (Å²) in [6.45, 7) is 3.04. The fraction of sp³-hybridized carbons (Fsp3) is 0.235. The highest BCUT2D eigenvalue weighted by Gasteiger charge is 2.33. The largest absolute Gasteiger partial charge is 0.465 e. The number of Topliss-reactive ketones (excluding diaryl/α,β-unsaturated/α-hetero) is 1. The van der Waals surface area contributed by atoms with E-state index < -0.39 is 11.9 Å². The molecule has 0 radical (unpaired) electrons. The fourth-order valence-electron chi connectivity index (χ4n) is 2.60. The van der Waals surface area contributed by atoms with Gasteiger partial charge in [-0.2, -0.15) is 5.26 Å². The zero-order valence-corrected chi connectivity index (χ0v) is 13.0. The first-order chi connectivity index (χ1) is 10.9. The van der Waals surface area contributed by atoms with Crippen molar-refractivity contribution in [3.8, 4) is 6.07 Å². The third kappa shape index (κ3) is 2.94. The van der Waals surface area contributed by atoms with Crippen molar-refractivity contribution in [2.24, 2.45) is 5.73 Å². The summed E-state index contributed by atoms with van der Waals surface area (Å²) >= 11 is 0. The van der Waals surface area contributed by atoms with Gasteiger partial charge in [0.15, 0.2) is 5.78 Å². The normalized spacial score (nSPS) is 17.4. The molecule has 1 atom stereocenters. The first kappa shape index (κ1) is 16.3. The van der Waals surface area contributed by atoms with E-state index in [1.807, 2.05) is 6.07 Å². The van der Waals surface area contributed by atoms with E-state index in [4.69, 9.17) is 10.5 Å². The second-order valence-corrected chi connectivity index (χ2v) is 5.06. The molecule has 118 valence electrons. The maximum atomic E-state index is 12.0. The quantitative estimate of drug-likeness (QED) is 0.858. The topological polar surface area (TPSA) is 102 Å². The molecule has 23 heavy (non-hydrogen) atoms. The van der Waals surface area contributed by atoms with Gasteiger partial charge in [-0.1, -0.05) is 12.1 Å². The Morgan fingerprint density at radius 2 is 1.91 bits per heavy atom. The highest BCUT2D eigenvalue weighted by Crippen LogP contribution is 2.39. The van der Waals surface area contributed by atoms with Crippen LogP contribution in [-0.4, -0.2) is 18.9 Å². The van der Waals surface area contributed by atoms with E-state index in [2.05, 4.69) is 4.74 Å². The van der Waals surface area contributed by atoms with Gasteiger partial charge in [0.2, 0.25) is 5.88 Å². The average molecular weight is 312 g/mol. The number of carbonyl (C=O) groups excluding carboxylic acids is 2. The predicted octanol–water partition coefficient (Wildman–Crippen LogP) is 2.14. The summed E-state index contributed by atoms with van der Waals surface area (Å²) < 4.78 is 9.97. The van der Waals surface area contributed by atoms with Crippen LogP contribution in [0.3, 0.4) is 0 Å². The standard InChI is InChI=1S/C17H16N2O4/c1-9(20)14-10(2)23-16(19)13(8-18)15(14)11-4-6-12(7-5-11)17(21)22-3/h4-7,15H,19H2,1-3H3. The molecule has 0 fully saturated rings. The van der Waals surface area contributed by atoms with Crippen LogP contribution >= 0.6 is 0 Å². The molecule has 0 saturated heterocycles. The Balaban J connectivity index is 2.56. The number of esters is 1. The summed E-state index contributed by atoms with van der Waals surface area (Å²) in [6, 6.07) is 8.50. The van der Waals surface area contributed by atoms with Crippen LogP contribution in [0.2, 0.25) is 0 Å². The Morgan fingerprint density at radius 3 is 2.39 bits per heavy atom. The van der Waals surface area contributed by atoms with Crippen molar-refractivity contribution in [3.63, 3.8) is 0 Å². The lowest BCUT2D eigenvalue weighted by atomic mass is 9.81. The molecule has 0 aromatic heterocycles. The van der Waals surface area contributed by atoms with E-state index in [-0.39, 0.29) is 17.2 Å². The Bertz CT molecular complexity index is 767. The van der Waals surface area contributed by atoms with Gasteiger partial charge in [0, 0.05) is 5.57 Å². The van der Waals surface area contributed by atoms with Gasteiger partial charge in [0.1, 0.15) is 17.4 Å². The minimum Gasteiger partial charge on any atom is -0.465 e. The number of benzene rings is 1.